The van der Waals surface area contributed by atoms with Crippen molar-refractivity contribution >= 4 is 40.0 Å². The Morgan fingerprint density at radius 3 is 2.59 bits per heavy atom. The Hall–Kier alpha value is -2.85. The first-order chi connectivity index (χ1) is 18.7. The molecule has 1 amide bonds. The molecule has 0 fully saturated rings. The Kier molecular flexibility index (Phi) is 9.71. The summed E-state index contributed by atoms with van der Waals surface area (Å²) in [4.78, 5) is 26.9. The highest BCUT2D eigenvalue weighted by molar-refractivity contribution is 7.99. The van der Waals surface area contributed by atoms with Crippen LogP contribution >= 0.6 is 23.1 Å². The van der Waals surface area contributed by atoms with Gasteiger partial charge in [0.25, 0.3) is 0 Å². The number of thiophene rings is 1. The van der Waals surface area contributed by atoms with E-state index >= 15 is 0 Å². The lowest BCUT2D eigenvalue weighted by Gasteiger charge is -2.18. The zero-order valence-corrected chi connectivity index (χ0v) is 25.2. The van der Waals surface area contributed by atoms with Crippen LogP contribution in [0.2, 0.25) is 0 Å². The van der Waals surface area contributed by atoms with Gasteiger partial charge in [-0.3, -0.25) is 4.79 Å². The third-order valence-corrected chi connectivity index (χ3v) is 9.00. The van der Waals surface area contributed by atoms with E-state index in [1.54, 1.807) is 6.92 Å². The van der Waals surface area contributed by atoms with Gasteiger partial charge in [0, 0.05) is 11.4 Å². The molecule has 0 radical (unpaired) electrons. The summed E-state index contributed by atoms with van der Waals surface area (Å²) in [6.07, 6.45) is 2.47. The standard InChI is InChI=1S/C29H38N4O4S2/c1-7-33-26(19(6)37-21-12-10-20(11-13-21)17(3)4)31-32-29(33)38-16-24(34)30-27-25(28(35)36-8-2)22-14-9-18(5)15-23(22)39-27/h10-13,17-19H,7-9,14-16H2,1-6H3,(H,30,34). The van der Waals surface area contributed by atoms with Crippen LogP contribution in [-0.2, 0) is 28.9 Å². The van der Waals surface area contributed by atoms with E-state index in [9.17, 15) is 9.59 Å². The van der Waals surface area contributed by atoms with Crippen LogP contribution in [-0.4, -0.2) is 39.0 Å². The van der Waals surface area contributed by atoms with Crippen LogP contribution < -0.4 is 10.1 Å². The fourth-order valence-electron chi connectivity index (χ4n) is 4.74. The van der Waals surface area contributed by atoms with E-state index in [4.69, 9.17) is 9.47 Å². The predicted octanol–water partition coefficient (Wildman–Crippen LogP) is 6.66. The van der Waals surface area contributed by atoms with Crippen LogP contribution in [0, 0.1) is 5.92 Å². The van der Waals surface area contributed by atoms with E-state index in [-0.39, 0.29) is 23.7 Å². The summed E-state index contributed by atoms with van der Waals surface area (Å²) in [5.74, 6) is 2.09. The summed E-state index contributed by atoms with van der Waals surface area (Å²) in [6, 6.07) is 8.11. The van der Waals surface area contributed by atoms with Crippen LogP contribution in [0.4, 0.5) is 5.00 Å². The number of amides is 1. The Bertz CT molecular complexity index is 1300. The summed E-state index contributed by atoms with van der Waals surface area (Å²) in [6.45, 7) is 13.2. The number of fused-ring (bicyclic) bond motifs is 1. The number of hydrogen-bond acceptors (Lipinski definition) is 8. The number of carbonyl (C=O) groups excluding carboxylic acids is 2. The number of ether oxygens (including phenoxy) is 2. The average Bonchev–Trinajstić information content (AvgIpc) is 3.48. The molecule has 2 aromatic heterocycles. The van der Waals surface area contributed by atoms with Crippen LogP contribution in [0.5, 0.6) is 5.75 Å². The molecule has 0 bridgehead atoms. The monoisotopic (exact) mass is 570 g/mol. The van der Waals surface area contributed by atoms with Gasteiger partial charge in [-0.2, -0.15) is 0 Å². The van der Waals surface area contributed by atoms with Gasteiger partial charge in [0.05, 0.1) is 17.9 Å². The van der Waals surface area contributed by atoms with E-state index in [2.05, 4.69) is 48.4 Å². The number of nitrogens with one attached hydrogen (secondary N) is 1. The first-order valence-electron chi connectivity index (χ1n) is 13.7. The zero-order valence-electron chi connectivity index (χ0n) is 23.6. The van der Waals surface area contributed by atoms with Crippen molar-refractivity contribution in [3.8, 4) is 5.75 Å². The van der Waals surface area contributed by atoms with Gasteiger partial charge in [-0.25, -0.2) is 4.79 Å². The molecular weight excluding hydrogens is 532 g/mol. The molecule has 3 aromatic rings. The van der Waals surface area contributed by atoms with Crippen molar-refractivity contribution in [2.24, 2.45) is 5.92 Å². The Labute approximate surface area is 238 Å². The molecular formula is C29H38N4O4S2. The maximum Gasteiger partial charge on any atom is 0.341 e. The van der Waals surface area contributed by atoms with E-state index in [1.807, 2.05) is 30.5 Å². The molecule has 1 aliphatic carbocycles. The number of rotatable bonds is 11. The average molecular weight is 571 g/mol. The van der Waals surface area contributed by atoms with Gasteiger partial charge < -0.3 is 19.4 Å². The minimum Gasteiger partial charge on any atom is -0.483 e. The number of anilines is 1. The molecule has 4 rings (SSSR count). The highest BCUT2D eigenvalue weighted by atomic mass is 32.2. The molecule has 1 aliphatic rings. The fourth-order valence-corrected chi connectivity index (χ4v) is 6.97. The van der Waals surface area contributed by atoms with Crippen molar-refractivity contribution in [2.75, 3.05) is 17.7 Å². The molecule has 0 saturated heterocycles. The Balaban J connectivity index is 1.42. The number of benzene rings is 1. The zero-order chi connectivity index (χ0) is 28.1. The maximum atomic E-state index is 13.0. The van der Waals surface area contributed by atoms with Gasteiger partial charge in [0.1, 0.15) is 10.8 Å². The highest BCUT2D eigenvalue weighted by Gasteiger charge is 2.29. The second-order valence-electron chi connectivity index (χ2n) is 10.2. The lowest BCUT2D eigenvalue weighted by molar-refractivity contribution is -0.113. The van der Waals surface area contributed by atoms with Crippen molar-refractivity contribution in [2.45, 2.75) is 84.5 Å². The maximum absolute atomic E-state index is 13.0. The van der Waals surface area contributed by atoms with Crippen molar-refractivity contribution in [1.29, 1.82) is 0 Å². The van der Waals surface area contributed by atoms with Crippen molar-refractivity contribution in [3.63, 3.8) is 0 Å². The Morgan fingerprint density at radius 2 is 1.92 bits per heavy atom. The predicted molar refractivity (Wildman–Crippen MR) is 156 cm³/mol. The quantitative estimate of drug-likeness (QED) is 0.204. The first kappa shape index (κ1) is 29.1. The molecule has 210 valence electrons. The van der Waals surface area contributed by atoms with Gasteiger partial charge >= 0.3 is 5.97 Å². The second-order valence-corrected chi connectivity index (χ2v) is 12.2. The van der Waals surface area contributed by atoms with Crippen molar-refractivity contribution in [3.05, 3.63) is 51.7 Å². The number of nitrogens with zero attached hydrogens (tertiary/aromatic N) is 3. The minimum absolute atomic E-state index is 0.144. The molecule has 2 heterocycles. The van der Waals surface area contributed by atoms with Gasteiger partial charge in [0.15, 0.2) is 17.1 Å². The summed E-state index contributed by atoms with van der Waals surface area (Å²) in [5, 5.41) is 12.9. The minimum atomic E-state index is -0.365. The molecule has 10 heteroatoms. The van der Waals surface area contributed by atoms with Gasteiger partial charge in [-0.15, -0.1) is 21.5 Å². The molecule has 8 nitrogen and oxygen atoms in total. The smallest absolute Gasteiger partial charge is 0.341 e. The summed E-state index contributed by atoms with van der Waals surface area (Å²) >= 11 is 2.82. The SMILES string of the molecule is CCOC(=O)c1c(NC(=O)CSc2nnc(C(C)Oc3ccc(C(C)C)cc3)n2CC)sc2c1CCC(C)C2. The topological polar surface area (TPSA) is 95.3 Å². The molecule has 1 N–H and O–H groups in total. The molecule has 2 unspecified atom stereocenters. The van der Waals surface area contributed by atoms with Crippen LogP contribution in [0.25, 0.3) is 0 Å². The van der Waals surface area contributed by atoms with Crippen molar-refractivity contribution in [1.82, 2.24) is 14.8 Å². The van der Waals surface area contributed by atoms with Crippen LogP contribution in [0.1, 0.15) is 92.2 Å². The fraction of sp³-hybridized carbons (Fsp3) is 0.517. The van der Waals surface area contributed by atoms with Crippen LogP contribution in [0.15, 0.2) is 29.4 Å². The Morgan fingerprint density at radius 1 is 1.18 bits per heavy atom. The van der Waals surface area contributed by atoms with E-state index in [0.29, 0.717) is 46.5 Å². The number of hydrogen-bond donors (Lipinski definition) is 1. The summed E-state index contributed by atoms with van der Waals surface area (Å²) in [7, 11) is 0. The van der Waals surface area contributed by atoms with Gasteiger partial charge in [-0.05, 0) is 75.1 Å². The summed E-state index contributed by atoms with van der Waals surface area (Å²) in [5.41, 5.74) is 2.81. The number of aromatic nitrogens is 3. The second kappa shape index (κ2) is 13.0. The van der Waals surface area contributed by atoms with Crippen LogP contribution in [0.3, 0.4) is 0 Å². The lowest BCUT2D eigenvalue weighted by atomic mass is 9.88. The number of thioether (sulfide) groups is 1. The summed E-state index contributed by atoms with van der Waals surface area (Å²) < 4.78 is 13.4. The molecule has 0 saturated carbocycles. The van der Waals surface area contributed by atoms with Crippen molar-refractivity contribution < 1.29 is 19.1 Å². The molecule has 0 spiro atoms. The molecule has 2 atom stereocenters. The van der Waals surface area contributed by atoms with Gasteiger partial charge in [0.2, 0.25) is 5.91 Å². The third kappa shape index (κ3) is 6.84. The molecule has 0 aliphatic heterocycles. The number of esters is 1. The lowest BCUT2D eigenvalue weighted by Crippen LogP contribution is -2.18. The third-order valence-electron chi connectivity index (χ3n) is 6.86. The normalized spacial score (nSPS) is 15.6. The van der Waals surface area contributed by atoms with E-state index < -0.39 is 0 Å². The molecule has 1 aromatic carbocycles. The first-order valence-corrected chi connectivity index (χ1v) is 15.5. The highest BCUT2D eigenvalue weighted by Crippen LogP contribution is 2.40. The van der Waals surface area contributed by atoms with E-state index in [0.717, 1.165) is 30.6 Å². The largest absolute Gasteiger partial charge is 0.483 e. The van der Waals surface area contributed by atoms with Gasteiger partial charge in [-0.1, -0.05) is 44.7 Å². The van der Waals surface area contributed by atoms with E-state index in [1.165, 1.54) is 33.5 Å². The number of carbonyl (C=O) groups is 2. The molecule has 39 heavy (non-hydrogen) atoms.